The van der Waals surface area contributed by atoms with Crippen LogP contribution >= 0.6 is 0 Å². The number of amides is 1. The van der Waals surface area contributed by atoms with Gasteiger partial charge in [-0.1, -0.05) is 0 Å². The van der Waals surface area contributed by atoms with Crippen molar-refractivity contribution in [2.75, 3.05) is 19.8 Å². The molecule has 104 valence electrons. The minimum absolute atomic E-state index is 0.199. The van der Waals surface area contributed by atoms with Crippen LogP contribution in [0.15, 0.2) is 23.1 Å². The van der Waals surface area contributed by atoms with Gasteiger partial charge in [-0.05, 0) is 37.3 Å². The molecule has 1 aliphatic heterocycles. The number of nitrogens with zero attached hydrogens (tertiary/aromatic N) is 1. The molecule has 5 nitrogen and oxygen atoms in total. The second-order valence-corrected chi connectivity index (χ2v) is 4.97. The molecule has 0 aliphatic carbocycles. The highest BCUT2D eigenvalue weighted by Crippen LogP contribution is 2.16. The average molecular weight is 264 g/mol. The van der Waals surface area contributed by atoms with Crippen molar-refractivity contribution in [2.24, 2.45) is 13.0 Å². The van der Waals surface area contributed by atoms with Crippen LogP contribution in [0.3, 0.4) is 0 Å². The maximum atomic E-state index is 11.9. The quantitative estimate of drug-likeness (QED) is 0.880. The van der Waals surface area contributed by atoms with Crippen molar-refractivity contribution in [2.45, 2.75) is 19.3 Å². The van der Waals surface area contributed by atoms with Crippen LogP contribution in [0.5, 0.6) is 0 Å². The molecule has 0 unspecified atom stereocenters. The van der Waals surface area contributed by atoms with Crippen molar-refractivity contribution in [3.05, 3.63) is 34.2 Å². The molecular formula is C14H20N2O3. The van der Waals surface area contributed by atoms with Gasteiger partial charge in [0.05, 0.1) is 0 Å². The van der Waals surface area contributed by atoms with Crippen molar-refractivity contribution < 1.29 is 9.53 Å². The molecule has 0 spiro atoms. The summed E-state index contributed by atoms with van der Waals surface area (Å²) in [6.07, 6.45) is 4.79. The van der Waals surface area contributed by atoms with Gasteiger partial charge in [0.1, 0.15) is 5.56 Å². The Labute approximate surface area is 112 Å². The van der Waals surface area contributed by atoms with E-state index in [0.29, 0.717) is 12.5 Å². The molecule has 5 heteroatoms. The minimum atomic E-state index is -0.294. The van der Waals surface area contributed by atoms with Gasteiger partial charge in [0.25, 0.3) is 11.5 Å². The number of hydrogen-bond acceptors (Lipinski definition) is 3. The standard InChI is InChI=1S/C14H20N2O3/c1-16-8-2-5-12(14(16)18)13(17)15-7-6-11-4-3-9-19-10-11/h2,5,8,11H,3-4,6-7,9-10H2,1H3,(H,15,17)/t11-/m0/s1. The fourth-order valence-electron chi connectivity index (χ4n) is 2.29. The van der Waals surface area contributed by atoms with Crippen LogP contribution in [0, 0.1) is 5.92 Å². The summed E-state index contributed by atoms with van der Waals surface area (Å²) in [7, 11) is 1.64. The van der Waals surface area contributed by atoms with E-state index >= 15 is 0 Å². The Morgan fingerprint density at radius 1 is 1.58 bits per heavy atom. The number of hydrogen-bond donors (Lipinski definition) is 1. The molecule has 19 heavy (non-hydrogen) atoms. The zero-order valence-corrected chi connectivity index (χ0v) is 11.2. The number of nitrogens with one attached hydrogen (secondary N) is 1. The molecule has 0 aromatic carbocycles. The van der Waals surface area contributed by atoms with Gasteiger partial charge in [0, 0.05) is 33.0 Å². The Balaban J connectivity index is 1.84. The second kappa shape index (κ2) is 6.52. The lowest BCUT2D eigenvalue weighted by molar-refractivity contribution is 0.0514. The number of rotatable bonds is 4. The Morgan fingerprint density at radius 2 is 2.42 bits per heavy atom. The maximum Gasteiger partial charge on any atom is 0.263 e. The van der Waals surface area contributed by atoms with E-state index < -0.39 is 0 Å². The molecule has 1 aromatic rings. The summed E-state index contributed by atoms with van der Waals surface area (Å²) in [4.78, 5) is 23.7. The van der Waals surface area contributed by atoms with Crippen LogP contribution in [-0.2, 0) is 11.8 Å². The lowest BCUT2D eigenvalue weighted by Crippen LogP contribution is -2.33. The van der Waals surface area contributed by atoms with Crippen LogP contribution in [0.1, 0.15) is 29.6 Å². The van der Waals surface area contributed by atoms with E-state index in [9.17, 15) is 9.59 Å². The van der Waals surface area contributed by atoms with Gasteiger partial charge in [0.15, 0.2) is 0 Å². The van der Waals surface area contributed by atoms with E-state index in [0.717, 1.165) is 32.5 Å². The van der Waals surface area contributed by atoms with E-state index in [1.165, 1.54) is 4.57 Å². The summed E-state index contributed by atoms with van der Waals surface area (Å²) in [5, 5.41) is 2.81. The van der Waals surface area contributed by atoms with Gasteiger partial charge in [0.2, 0.25) is 0 Å². The van der Waals surface area contributed by atoms with Crippen molar-refractivity contribution in [3.63, 3.8) is 0 Å². The third-order valence-corrected chi connectivity index (χ3v) is 3.46. The van der Waals surface area contributed by atoms with Crippen molar-refractivity contribution >= 4 is 5.91 Å². The second-order valence-electron chi connectivity index (χ2n) is 4.97. The molecule has 2 rings (SSSR count). The molecule has 1 atom stereocenters. The largest absolute Gasteiger partial charge is 0.381 e. The predicted molar refractivity (Wildman–Crippen MR) is 72.2 cm³/mol. The number of carbonyl (C=O) groups excluding carboxylic acids is 1. The summed E-state index contributed by atoms with van der Waals surface area (Å²) >= 11 is 0. The maximum absolute atomic E-state index is 11.9. The van der Waals surface area contributed by atoms with Crippen molar-refractivity contribution in [1.82, 2.24) is 9.88 Å². The first-order chi connectivity index (χ1) is 9.18. The molecule has 1 aromatic heterocycles. The molecule has 0 bridgehead atoms. The number of aryl methyl sites for hydroxylation is 1. The zero-order chi connectivity index (χ0) is 13.7. The van der Waals surface area contributed by atoms with Gasteiger partial charge in [-0.2, -0.15) is 0 Å². The minimum Gasteiger partial charge on any atom is -0.381 e. The van der Waals surface area contributed by atoms with Gasteiger partial charge in [-0.25, -0.2) is 0 Å². The smallest absolute Gasteiger partial charge is 0.263 e. The Morgan fingerprint density at radius 3 is 3.16 bits per heavy atom. The van der Waals surface area contributed by atoms with Crippen LogP contribution in [0.4, 0.5) is 0 Å². The molecular weight excluding hydrogens is 244 g/mol. The summed E-state index contributed by atoms with van der Waals surface area (Å²) < 4.78 is 6.80. The summed E-state index contributed by atoms with van der Waals surface area (Å²) in [5.74, 6) is 0.227. The highest BCUT2D eigenvalue weighted by atomic mass is 16.5. The topological polar surface area (TPSA) is 60.3 Å². The highest BCUT2D eigenvalue weighted by Gasteiger charge is 2.15. The Kier molecular flexibility index (Phi) is 4.74. The van der Waals surface area contributed by atoms with Crippen molar-refractivity contribution in [1.29, 1.82) is 0 Å². The van der Waals surface area contributed by atoms with Crippen molar-refractivity contribution in [3.8, 4) is 0 Å². The molecule has 1 amide bonds. The van der Waals surface area contributed by atoms with Gasteiger partial charge < -0.3 is 14.6 Å². The monoisotopic (exact) mass is 264 g/mol. The van der Waals surface area contributed by atoms with Crippen LogP contribution in [0.2, 0.25) is 0 Å². The molecule has 1 saturated heterocycles. The number of aromatic nitrogens is 1. The molecule has 1 aliphatic rings. The van der Waals surface area contributed by atoms with E-state index in [4.69, 9.17) is 4.74 Å². The first-order valence-electron chi connectivity index (χ1n) is 6.70. The Hall–Kier alpha value is -1.62. The SMILES string of the molecule is Cn1cccc(C(=O)NCC[C@@H]2CCCOC2)c1=O. The zero-order valence-electron chi connectivity index (χ0n) is 11.2. The van der Waals surface area contributed by atoms with Gasteiger partial charge in [-0.15, -0.1) is 0 Å². The average Bonchev–Trinajstić information content (AvgIpc) is 2.43. The highest BCUT2D eigenvalue weighted by molar-refractivity contribution is 5.93. The number of ether oxygens (including phenoxy) is 1. The molecule has 1 N–H and O–H groups in total. The molecule has 0 radical (unpaired) electrons. The lowest BCUT2D eigenvalue weighted by Gasteiger charge is -2.21. The predicted octanol–water partition coefficient (Wildman–Crippen LogP) is 0.932. The first kappa shape index (κ1) is 13.8. The van der Waals surface area contributed by atoms with E-state index in [2.05, 4.69) is 5.32 Å². The van der Waals surface area contributed by atoms with Crippen LogP contribution in [-0.4, -0.2) is 30.2 Å². The fraction of sp³-hybridized carbons (Fsp3) is 0.571. The third-order valence-electron chi connectivity index (χ3n) is 3.46. The molecule has 2 heterocycles. The summed E-state index contributed by atoms with van der Waals surface area (Å²) in [5.41, 5.74) is -0.0640. The summed E-state index contributed by atoms with van der Waals surface area (Å²) in [6.45, 7) is 2.22. The van der Waals surface area contributed by atoms with Gasteiger partial charge in [-0.3, -0.25) is 9.59 Å². The summed E-state index contributed by atoms with van der Waals surface area (Å²) in [6, 6.07) is 3.26. The lowest BCUT2D eigenvalue weighted by atomic mass is 9.99. The van der Waals surface area contributed by atoms with E-state index in [-0.39, 0.29) is 17.0 Å². The van der Waals surface area contributed by atoms with E-state index in [1.54, 1.807) is 25.4 Å². The fourth-order valence-corrected chi connectivity index (χ4v) is 2.29. The molecule has 0 saturated carbocycles. The Bertz CT molecular complexity index is 490. The normalized spacial score (nSPS) is 19.1. The third kappa shape index (κ3) is 3.67. The number of pyridine rings is 1. The van der Waals surface area contributed by atoms with Crippen LogP contribution < -0.4 is 10.9 Å². The first-order valence-corrected chi connectivity index (χ1v) is 6.70. The van der Waals surface area contributed by atoms with E-state index in [1.807, 2.05) is 0 Å². The van der Waals surface area contributed by atoms with Crippen LogP contribution in [0.25, 0.3) is 0 Å². The number of carbonyl (C=O) groups is 1. The van der Waals surface area contributed by atoms with Gasteiger partial charge >= 0.3 is 0 Å². The molecule has 1 fully saturated rings.